The summed E-state index contributed by atoms with van der Waals surface area (Å²) in [7, 11) is 0. The van der Waals surface area contributed by atoms with Gasteiger partial charge in [0.2, 0.25) is 0 Å². The zero-order valence-corrected chi connectivity index (χ0v) is 5.98. The van der Waals surface area contributed by atoms with Gasteiger partial charge in [-0.3, -0.25) is 0 Å². The SMILES string of the molecule is FC=C(F)C(F)(C(F)(F)F)C(F)(F)F. The molecule has 0 heterocycles. The van der Waals surface area contributed by atoms with E-state index in [9.17, 15) is 39.5 Å². The summed E-state index contributed by atoms with van der Waals surface area (Å²) >= 11 is 0. The Kier molecular flexibility index (Phi) is 3.14. The number of hydrogen-bond acceptors (Lipinski definition) is 0. The largest absolute Gasteiger partial charge is 0.438 e. The fourth-order valence-electron chi connectivity index (χ4n) is 0.507. The molecule has 0 saturated carbocycles. The number of alkyl halides is 7. The van der Waals surface area contributed by atoms with Gasteiger partial charge in [0.25, 0.3) is 0 Å². The van der Waals surface area contributed by atoms with E-state index in [1.54, 1.807) is 0 Å². The molecule has 0 amide bonds. The average Bonchev–Trinajstić information content (AvgIpc) is 1.97. The summed E-state index contributed by atoms with van der Waals surface area (Å²) < 4.78 is 104. The van der Waals surface area contributed by atoms with Gasteiger partial charge in [0, 0.05) is 0 Å². The van der Waals surface area contributed by atoms with Gasteiger partial charge in [-0.05, 0) is 0 Å². The van der Waals surface area contributed by atoms with Gasteiger partial charge < -0.3 is 0 Å². The predicted molar refractivity (Wildman–Crippen MR) is 26.2 cm³/mol. The molecule has 0 unspecified atom stereocenters. The van der Waals surface area contributed by atoms with Gasteiger partial charge in [0.1, 0.15) is 6.33 Å². The summed E-state index contributed by atoms with van der Waals surface area (Å²) in [6, 6.07) is 0. The molecule has 0 N–H and O–H groups in total. The minimum atomic E-state index is -6.61. The van der Waals surface area contributed by atoms with Crippen LogP contribution in [0, 0.1) is 0 Å². The van der Waals surface area contributed by atoms with Crippen molar-refractivity contribution in [1.82, 2.24) is 0 Å². The lowest BCUT2D eigenvalue weighted by Crippen LogP contribution is -2.53. The Balaban J connectivity index is 5.53. The standard InChI is InChI=1S/C5HF9/c6-1-2(7)3(8,4(9,10)11)5(12,13)14/h1H. The molecule has 14 heavy (non-hydrogen) atoms. The quantitative estimate of drug-likeness (QED) is 0.606. The van der Waals surface area contributed by atoms with Crippen LogP contribution in [0.5, 0.6) is 0 Å². The first-order valence-corrected chi connectivity index (χ1v) is 2.77. The molecule has 0 spiro atoms. The third-order valence-corrected chi connectivity index (χ3v) is 1.21. The van der Waals surface area contributed by atoms with Crippen LogP contribution in [0.2, 0.25) is 0 Å². The minimum Gasteiger partial charge on any atom is -0.215 e. The molecule has 0 fully saturated rings. The molecule has 0 nitrogen and oxygen atoms in total. The van der Waals surface area contributed by atoms with Gasteiger partial charge in [-0.15, -0.1) is 0 Å². The Bertz CT molecular complexity index is 217. The minimum absolute atomic E-state index is 1.72. The van der Waals surface area contributed by atoms with E-state index in [0.29, 0.717) is 0 Å². The Labute approximate surface area is 71.0 Å². The van der Waals surface area contributed by atoms with Crippen molar-refractivity contribution in [1.29, 1.82) is 0 Å². The summed E-state index contributed by atoms with van der Waals surface area (Å²) in [6.07, 6.45) is -14.9. The molecule has 0 rings (SSSR count). The predicted octanol–water partition coefficient (Wildman–Crippen LogP) is 3.60. The summed E-state index contributed by atoms with van der Waals surface area (Å²) in [5.74, 6) is -3.59. The average molecular weight is 232 g/mol. The molecule has 9 heteroatoms. The molecule has 0 aliphatic carbocycles. The Hall–Kier alpha value is -0.890. The molecule has 0 aromatic carbocycles. The molecule has 0 radical (unpaired) electrons. The summed E-state index contributed by atoms with van der Waals surface area (Å²) in [4.78, 5) is 0. The molecule has 0 aromatic heterocycles. The van der Waals surface area contributed by atoms with E-state index in [-0.39, 0.29) is 0 Å². The number of rotatable bonds is 1. The van der Waals surface area contributed by atoms with Gasteiger partial charge in [-0.25, -0.2) is 13.2 Å². The van der Waals surface area contributed by atoms with Crippen LogP contribution in [0.1, 0.15) is 0 Å². The van der Waals surface area contributed by atoms with Crippen molar-refractivity contribution in [3.8, 4) is 0 Å². The van der Waals surface area contributed by atoms with Crippen LogP contribution in [0.4, 0.5) is 39.5 Å². The number of hydrogen-bond donors (Lipinski definition) is 0. The van der Waals surface area contributed by atoms with E-state index < -0.39 is 30.2 Å². The van der Waals surface area contributed by atoms with Crippen LogP contribution in [0.25, 0.3) is 0 Å². The van der Waals surface area contributed by atoms with Gasteiger partial charge in [0.05, 0.1) is 0 Å². The molecule has 0 aromatic rings. The highest BCUT2D eigenvalue weighted by Gasteiger charge is 2.75. The highest BCUT2D eigenvalue weighted by Crippen LogP contribution is 2.50. The maximum absolute atomic E-state index is 12.3. The number of allylic oxidation sites excluding steroid dienone is 1. The van der Waals surface area contributed by atoms with Crippen LogP contribution >= 0.6 is 0 Å². The van der Waals surface area contributed by atoms with E-state index >= 15 is 0 Å². The smallest absolute Gasteiger partial charge is 0.215 e. The van der Waals surface area contributed by atoms with Crippen molar-refractivity contribution in [3.63, 3.8) is 0 Å². The first-order chi connectivity index (χ1) is 5.98. The highest BCUT2D eigenvalue weighted by molar-refractivity contribution is 5.15. The van der Waals surface area contributed by atoms with E-state index in [0.717, 1.165) is 0 Å². The zero-order chi connectivity index (χ0) is 11.8. The van der Waals surface area contributed by atoms with Gasteiger partial charge in [-0.1, -0.05) is 0 Å². The number of halogens is 9. The molecular formula is C5HF9. The van der Waals surface area contributed by atoms with E-state index in [4.69, 9.17) is 0 Å². The monoisotopic (exact) mass is 232 g/mol. The molecular weight excluding hydrogens is 231 g/mol. The third kappa shape index (κ3) is 1.80. The third-order valence-electron chi connectivity index (χ3n) is 1.21. The fourth-order valence-corrected chi connectivity index (χ4v) is 0.507. The first kappa shape index (κ1) is 13.1. The molecule has 0 aliphatic rings. The lowest BCUT2D eigenvalue weighted by molar-refractivity contribution is -0.331. The van der Waals surface area contributed by atoms with Crippen LogP contribution in [0.15, 0.2) is 12.2 Å². The van der Waals surface area contributed by atoms with Crippen LogP contribution in [-0.4, -0.2) is 18.0 Å². The highest BCUT2D eigenvalue weighted by atomic mass is 19.4. The summed E-state index contributed by atoms with van der Waals surface area (Å²) in [5.41, 5.74) is -6.30. The topological polar surface area (TPSA) is 0 Å². The van der Waals surface area contributed by atoms with E-state index in [2.05, 4.69) is 0 Å². The second-order valence-corrected chi connectivity index (χ2v) is 2.11. The van der Waals surface area contributed by atoms with Crippen LogP contribution < -0.4 is 0 Å². The van der Waals surface area contributed by atoms with E-state index in [1.807, 2.05) is 0 Å². The van der Waals surface area contributed by atoms with Gasteiger partial charge in [-0.2, -0.15) is 26.3 Å². The maximum atomic E-state index is 12.3. The molecule has 0 saturated heterocycles. The molecule has 0 bridgehead atoms. The van der Waals surface area contributed by atoms with Crippen LogP contribution in [0.3, 0.4) is 0 Å². The van der Waals surface area contributed by atoms with Gasteiger partial charge >= 0.3 is 18.0 Å². The van der Waals surface area contributed by atoms with Crippen molar-refractivity contribution in [2.75, 3.05) is 0 Å². The van der Waals surface area contributed by atoms with Crippen molar-refractivity contribution < 1.29 is 39.5 Å². The fraction of sp³-hybridized carbons (Fsp3) is 0.600. The Morgan fingerprint density at radius 1 is 0.786 bits per heavy atom. The van der Waals surface area contributed by atoms with Crippen LogP contribution in [-0.2, 0) is 0 Å². The van der Waals surface area contributed by atoms with Crippen molar-refractivity contribution in [2.45, 2.75) is 18.0 Å². The van der Waals surface area contributed by atoms with E-state index in [1.165, 1.54) is 0 Å². The lowest BCUT2D eigenvalue weighted by atomic mass is 10.0. The van der Waals surface area contributed by atoms with Crippen molar-refractivity contribution >= 4 is 0 Å². The maximum Gasteiger partial charge on any atom is 0.438 e. The molecule has 0 atom stereocenters. The molecule has 0 aliphatic heterocycles. The summed E-state index contributed by atoms with van der Waals surface area (Å²) in [5, 5.41) is 0. The molecule has 84 valence electrons. The summed E-state index contributed by atoms with van der Waals surface area (Å²) in [6.45, 7) is 0. The van der Waals surface area contributed by atoms with Crippen molar-refractivity contribution in [2.24, 2.45) is 0 Å². The second kappa shape index (κ2) is 3.35. The second-order valence-electron chi connectivity index (χ2n) is 2.11. The van der Waals surface area contributed by atoms with Gasteiger partial charge in [0.15, 0.2) is 5.83 Å². The Morgan fingerprint density at radius 2 is 1.07 bits per heavy atom. The first-order valence-electron chi connectivity index (χ1n) is 2.77. The normalized spacial score (nSPS) is 15.9. The zero-order valence-electron chi connectivity index (χ0n) is 5.98. The van der Waals surface area contributed by atoms with Crippen molar-refractivity contribution in [3.05, 3.63) is 12.2 Å². The Morgan fingerprint density at radius 3 is 1.14 bits per heavy atom. The lowest BCUT2D eigenvalue weighted by Gasteiger charge is -2.27.